The zero-order valence-electron chi connectivity index (χ0n) is 10.7. The Balaban J connectivity index is 0. The maximum absolute atomic E-state index is 10.6. The van der Waals surface area contributed by atoms with Crippen molar-refractivity contribution < 1.29 is 38.9 Å². The van der Waals surface area contributed by atoms with Crippen LogP contribution in [0.25, 0.3) is 0 Å². The number of carbonyl (C=O) groups is 3. The second-order valence-corrected chi connectivity index (χ2v) is 3.07. The van der Waals surface area contributed by atoms with Crippen LogP contribution in [-0.2, 0) is 28.6 Å². The molecule has 19 heavy (non-hydrogen) atoms. The highest BCUT2D eigenvalue weighted by molar-refractivity contribution is 5.67. The van der Waals surface area contributed by atoms with Gasteiger partial charge >= 0.3 is 17.9 Å². The minimum absolute atomic E-state index is 0.123. The first-order valence-corrected chi connectivity index (χ1v) is 4.92. The molecule has 0 bridgehead atoms. The number of hydrogen-bond donors (Lipinski definition) is 1. The SMILES string of the molecule is CC(=O)OCC(COC(C)=O)OC(C)=O.O=[N+]([O-])O. The second-order valence-electron chi connectivity index (χ2n) is 3.07. The highest BCUT2D eigenvalue weighted by Crippen LogP contribution is 1.97. The van der Waals surface area contributed by atoms with Gasteiger partial charge in [-0.1, -0.05) is 0 Å². The average Bonchev–Trinajstić information content (AvgIpc) is 2.20. The molecule has 0 fully saturated rings. The number of hydrogen-bond acceptors (Lipinski definition) is 8. The molecule has 0 radical (unpaired) electrons. The van der Waals surface area contributed by atoms with E-state index in [4.69, 9.17) is 20.1 Å². The molecule has 0 heterocycles. The van der Waals surface area contributed by atoms with Crippen molar-refractivity contribution in [2.75, 3.05) is 13.2 Å². The fourth-order valence-electron chi connectivity index (χ4n) is 0.771. The van der Waals surface area contributed by atoms with E-state index < -0.39 is 29.1 Å². The summed E-state index contributed by atoms with van der Waals surface area (Å²) in [6.45, 7) is 3.44. The lowest BCUT2D eigenvalue weighted by Crippen LogP contribution is -2.29. The molecule has 0 rings (SSSR count). The lowest BCUT2D eigenvalue weighted by Gasteiger charge is -2.15. The van der Waals surface area contributed by atoms with Gasteiger partial charge in [0.25, 0.3) is 5.09 Å². The van der Waals surface area contributed by atoms with Crippen molar-refractivity contribution in [1.82, 2.24) is 0 Å². The van der Waals surface area contributed by atoms with Crippen LogP contribution in [0.4, 0.5) is 0 Å². The molecule has 0 atom stereocenters. The van der Waals surface area contributed by atoms with Gasteiger partial charge in [0.2, 0.25) is 0 Å². The van der Waals surface area contributed by atoms with Gasteiger partial charge in [-0.2, -0.15) is 0 Å². The number of ether oxygens (including phenoxy) is 3. The van der Waals surface area contributed by atoms with Gasteiger partial charge in [0.1, 0.15) is 13.2 Å². The van der Waals surface area contributed by atoms with Gasteiger partial charge in [-0.15, -0.1) is 10.1 Å². The van der Waals surface area contributed by atoms with Gasteiger partial charge in [-0.05, 0) is 0 Å². The van der Waals surface area contributed by atoms with Crippen LogP contribution in [0, 0.1) is 10.1 Å². The predicted molar refractivity (Wildman–Crippen MR) is 57.6 cm³/mol. The lowest BCUT2D eigenvalue weighted by molar-refractivity contribution is -0.742. The predicted octanol–water partition coefficient (Wildman–Crippen LogP) is -0.303. The molecular weight excluding hydrogens is 266 g/mol. The van der Waals surface area contributed by atoms with Gasteiger partial charge < -0.3 is 19.4 Å². The number of esters is 3. The first kappa shape index (κ1) is 19.0. The molecule has 10 nitrogen and oxygen atoms in total. The minimum Gasteiger partial charge on any atom is -0.462 e. The Morgan fingerprint density at radius 2 is 1.37 bits per heavy atom. The van der Waals surface area contributed by atoms with Crippen LogP contribution < -0.4 is 0 Å². The van der Waals surface area contributed by atoms with Crippen LogP contribution in [0.2, 0.25) is 0 Å². The molecule has 0 aliphatic heterocycles. The third-order valence-electron chi connectivity index (χ3n) is 1.28. The molecule has 0 aromatic carbocycles. The summed E-state index contributed by atoms with van der Waals surface area (Å²) in [6.07, 6.45) is -0.754. The van der Waals surface area contributed by atoms with Gasteiger partial charge in [0.05, 0.1) is 0 Å². The van der Waals surface area contributed by atoms with E-state index in [0.29, 0.717) is 0 Å². The quantitative estimate of drug-likeness (QED) is 0.311. The van der Waals surface area contributed by atoms with E-state index in [2.05, 4.69) is 9.47 Å². The van der Waals surface area contributed by atoms with Gasteiger partial charge in [0.15, 0.2) is 6.10 Å². The van der Waals surface area contributed by atoms with Gasteiger partial charge in [-0.25, -0.2) is 0 Å². The van der Waals surface area contributed by atoms with Crippen molar-refractivity contribution in [1.29, 1.82) is 0 Å². The molecule has 0 saturated heterocycles. The Hall–Kier alpha value is -2.39. The molecule has 1 N–H and O–H groups in total. The summed E-state index contributed by atoms with van der Waals surface area (Å²) in [4.78, 5) is 40.0. The molecule has 110 valence electrons. The normalized spacial score (nSPS) is 8.84. The minimum atomic E-state index is -1.50. The topological polar surface area (TPSA) is 142 Å². The van der Waals surface area contributed by atoms with Gasteiger partial charge in [0, 0.05) is 20.8 Å². The van der Waals surface area contributed by atoms with Crippen molar-refractivity contribution in [3.8, 4) is 0 Å². The zero-order chi connectivity index (χ0) is 15.4. The highest BCUT2D eigenvalue weighted by Gasteiger charge is 2.15. The van der Waals surface area contributed by atoms with E-state index in [9.17, 15) is 14.4 Å². The fraction of sp³-hybridized carbons (Fsp3) is 0.667. The Labute approximate surface area is 108 Å². The molecular formula is C9H15NO9. The van der Waals surface area contributed by atoms with Crippen LogP contribution in [0.15, 0.2) is 0 Å². The van der Waals surface area contributed by atoms with E-state index in [1.807, 2.05) is 0 Å². The summed E-state index contributed by atoms with van der Waals surface area (Å²) in [6, 6.07) is 0. The lowest BCUT2D eigenvalue weighted by atomic mass is 10.4. The molecule has 10 heteroatoms. The van der Waals surface area contributed by atoms with E-state index in [1.165, 1.54) is 20.8 Å². The van der Waals surface area contributed by atoms with Crippen molar-refractivity contribution >= 4 is 17.9 Å². The Morgan fingerprint density at radius 1 is 1.05 bits per heavy atom. The molecule has 0 spiro atoms. The summed E-state index contributed by atoms with van der Waals surface area (Å²) in [7, 11) is 0. The standard InChI is InChI=1S/C9H14O6.HNO3/c1-6(10)13-4-9(15-8(3)12)5-14-7(2)11;2-1(3)4/h9H,4-5H2,1-3H3;(H,2,3,4). The fourth-order valence-corrected chi connectivity index (χ4v) is 0.771. The summed E-state index contributed by atoms with van der Waals surface area (Å²) < 4.78 is 14.0. The molecule has 0 aromatic heterocycles. The molecule has 0 saturated carbocycles. The maximum Gasteiger partial charge on any atom is 0.303 e. The van der Waals surface area contributed by atoms with E-state index >= 15 is 0 Å². The maximum atomic E-state index is 10.6. The van der Waals surface area contributed by atoms with E-state index in [1.54, 1.807) is 0 Å². The number of rotatable bonds is 5. The van der Waals surface area contributed by atoms with Crippen molar-refractivity contribution in [3.05, 3.63) is 10.1 Å². The molecule has 0 unspecified atom stereocenters. The Kier molecular flexibility index (Phi) is 10.7. The van der Waals surface area contributed by atoms with Crippen LogP contribution in [0.5, 0.6) is 0 Å². The summed E-state index contributed by atoms with van der Waals surface area (Å²) in [5.74, 6) is -1.51. The monoisotopic (exact) mass is 281 g/mol. The third-order valence-corrected chi connectivity index (χ3v) is 1.28. The van der Waals surface area contributed by atoms with Crippen LogP contribution in [-0.4, -0.2) is 47.5 Å². The number of nitrogens with zero attached hydrogens (tertiary/aromatic N) is 1. The highest BCUT2D eigenvalue weighted by atomic mass is 16.9. The Morgan fingerprint density at radius 3 is 1.58 bits per heavy atom. The van der Waals surface area contributed by atoms with E-state index in [-0.39, 0.29) is 13.2 Å². The summed E-state index contributed by atoms with van der Waals surface area (Å²) >= 11 is 0. The summed E-state index contributed by atoms with van der Waals surface area (Å²) in [5.41, 5.74) is 0. The summed E-state index contributed by atoms with van der Waals surface area (Å²) in [5, 5.41) is 13.6. The number of carbonyl (C=O) groups excluding carboxylic acids is 3. The molecule has 0 aliphatic rings. The first-order chi connectivity index (χ1) is 8.65. The Bertz CT molecular complexity index is 306. The van der Waals surface area contributed by atoms with E-state index in [0.717, 1.165) is 0 Å². The van der Waals surface area contributed by atoms with Crippen LogP contribution >= 0.6 is 0 Å². The molecule has 0 aromatic rings. The zero-order valence-corrected chi connectivity index (χ0v) is 10.7. The van der Waals surface area contributed by atoms with Crippen molar-refractivity contribution in [2.24, 2.45) is 0 Å². The second kappa shape index (κ2) is 10.7. The van der Waals surface area contributed by atoms with Crippen LogP contribution in [0.1, 0.15) is 20.8 Å². The average molecular weight is 281 g/mol. The third kappa shape index (κ3) is 21.5. The first-order valence-electron chi connectivity index (χ1n) is 4.92. The van der Waals surface area contributed by atoms with Crippen molar-refractivity contribution in [2.45, 2.75) is 26.9 Å². The van der Waals surface area contributed by atoms with Crippen molar-refractivity contribution in [3.63, 3.8) is 0 Å². The molecule has 0 amide bonds. The van der Waals surface area contributed by atoms with Gasteiger partial charge in [-0.3, -0.25) is 14.4 Å². The van der Waals surface area contributed by atoms with Crippen LogP contribution in [0.3, 0.4) is 0 Å². The molecule has 0 aliphatic carbocycles. The smallest absolute Gasteiger partial charge is 0.303 e. The largest absolute Gasteiger partial charge is 0.462 e.